The maximum atomic E-state index is 14.0. The van der Waals surface area contributed by atoms with E-state index in [0.29, 0.717) is 48.3 Å². The molecule has 1 aliphatic carbocycles. The Labute approximate surface area is 296 Å². The van der Waals surface area contributed by atoms with Crippen molar-refractivity contribution in [2.24, 2.45) is 0 Å². The molecule has 1 atom stereocenters. The van der Waals surface area contributed by atoms with Gasteiger partial charge in [0.05, 0.1) is 12.7 Å². The lowest BCUT2D eigenvalue weighted by Gasteiger charge is -2.40. The predicted octanol–water partition coefficient (Wildman–Crippen LogP) is 8.54. The molecule has 10 heteroatoms. The van der Waals surface area contributed by atoms with Gasteiger partial charge >= 0.3 is 12.1 Å². The number of halogens is 3. The average Bonchev–Trinajstić information content (AvgIpc) is 3.15. The van der Waals surface area contributed by atoms with Crippen LogP contribution in [0.4, 0.5) is 18.9 Å². The number of benzene rings is 4. The van der Waals surface area contributed by atoms with Crippen molar-refractivity contribution in [1.82, 2.24) is 10.2 Å². The maximum Gasteiger partial charge on any atom is 0.416 e. The molecule has 0 bridgehead atoms. The van der Waals surface area contributed by atoms with Crippen LogP contribution in [-0.4, -0.2) is 48.4 Å². The Balaban J connectivity index is 1.11. The third kappa shape index (κ3) is 8.17. The van der Waals surface area contributed by atoms with Crippen molar-refractivity contribution in [3.05, 3.63) is 125 Å². The summed E-state index contributed by atoms with van der Waals surface area (Å²) in [4.78, 5) is 42.5. The number of carbonyl (C=O) groups excluding carboxylic acids is 3. The second-order valence-electron chi connectivity index (χ2n) is 13.4. The molecule has 1 saturated carbocycles. The SMILES string of the molecule is COC(=O)C1(NC(=O)C(c2ccccc2)N2CCC(c3ccc(NC(=O)c4ccccc4-c4ccc(C(F)(F)F)cc4)cc3)CC2)CCCCC1. The Bertz CT molecular complexity index is 1810. The third-order valence-corrected chi connectivity index (χ3v) is 10.2. The molecule has 2 aliphatic rings. The number of anilines is 1. The van der Waals surface area contributed by atoms with Gasteiger partial charge in [-0.1, -0.05) is 92.1 Å². The zero-order chi connectivity index (χ0) is 36.0. The minimum absolute atomic E-state index is 0.188. The van der Waals surface area contributed by atoms with Gasteiger partial charge in [0, 0.05) is 11.3 Å². The molecule has 7 nitrogen and oxygen atoms in total. The van der Waals surface area contributed by atoms with E-state index in [1.54, 1.807) is 24.3 Å². The van der Waals surface area contributed by atoms with Gasteiger partial charge in [-0.3, -0.25) is 14.5 Å². The fourth-order valence-corrected chi connectivity index (χ4v) is 7.50. The second kappa shape index (κ2) is 15.5. The highest BCUT2D eigenvalue weighted by Gasteiger charge is 2.44. The zero-order valence-electron chi connectivity index (χ0n) is 28.5. The maximum absolute atomic E-state index is 14.0. The van der Waals surface area contributed by atoms with Gasteiger partial charge in [0.1, 0.15) is 11.6 Å². The van der Waals surface area contributed by atoms with Crippen LogP contribution in [0.15, 0.2) is 103 Å². The summed E-state index contributed by atoms with van der Waals surface area (Å²) in [5.74, 6) is -0.680. The highest BCUT2D eigenvalue weighted by molar-refractivity contribution is 6.08. The summed E-state index contributed by atoms with van der Waals surface area (Å²) in [7, 11) is 1.37. The first-order chi connectivity index (χ1) is 24.6. The van der Waals surface area contributed by atoms with E-state index in [4.69, 9.17) is 4.74 Å². The molecule has 1 heterocycles. The predicted molar refractivity (Wildman–Crippen MR) is 190 cm³/mol. The van der Waals surface area contributed by atoms with Crippen LogP contribution in [0.3, 0.4) is 0 Å². The van der Waals surface area contributed by atoms with Crippen LogP contribution in [-0.2, 0) is 20.5 Å². The van der Waals surface area contributed by atoms with E-state index in [2.05, 4.69) is 15.5 Å². The first-order valence-corrected chi connectivity index (χ1v) is 17.5. The Morgan fingerprint density at radius 1 is 0.804 bits per heavy atom. The fourth-order valence-electron chi connectivity index (χ4n) is 7.50. The quantitative estimate of drug-likeness (QED) is 0.171. The molecule has 1 saturated heterocycles. The normalized spacial score (nSPS) is 17.3. The highest BCUT2D eigenvalue weighted by Crippen LogP contribution is 2.36. The molecule has 51 heavy (non-hydrogen) atoms. The third-order valence-electron chi connectivity index (χ3n) is 10.2. The summed E-state index contributed by atoms with van der Waals surface area (Å²) in [6.07, 6.45) is 1.08. The Morgan fingerprint density at radius 3 is 2.06 bits per heavy atom. The van der Waals surface area contributed by atoms with Crippen molar-refractivity contribution < 1.29 is 32.3 Å². The van der Waals surface area contributed by atoms with E-state index in [-0.39, 0.29) is 23.7 Å². The summed E-state index contributed by atoms with van der Waals surface area (Å²) in [5, 5.41) is 6.08. The Kier molecular flexibility index (Phi) is 10.9. The molecule has 4 aromatic carbocycles. The molecule has 2 fully saturated rings. The van der Waals surface area contributed by atoms with Gasteiger partial charge in [-0.2, -0.15) is 13.2 Å². The molecular formula is C41H42F3N3O4. The fraction of sp³-hybridized carbons (Fsp3) is 0.341. The van der Waals surface area contributed by atoms with Gasteiger partial charge in [0.2, 0.25) is 5.91 Å². The molecule has 266 valence electrons. The highest BCUT2D eigenvalue weighted by atomic mass is 19.4. The number of esters is 1. The lowest BCUT2D eigenvalue weighted by atomic mass is 9.81. The number of carbonyl (C=O) groups is 3. The van der Waals surface area contributed by atoms with Crippen LogP contribution >= 0.6 is 0 Å². The topological polar surface area (TPSA) is 87.7 Å². The zero-order valence-corrected chi connectivity index (χ0v) is 28.5. The number of amides is 2. The number of hydrogen-bond acceptors (Lipinski definition) is 5. The van der Waals surface area contributed by atoms with Crippen molar-refractivity contribution in [2.45, 2.75) is 68.6 Å². The number of ether oxygens (including phenoxy) is 1. The van der Waals surface area contributed by atoms with Crippen molar-refractivity contribution in [2.75, 3.05) is 25.5 Å². The molecule has 0 aromatic heterocycles. The van der Waals surface area contributed by atoms with E-state index < -0.39 is 23.3 Å². The minimum atomic E-state index is -4.44. The van der Waals surface area contributed by atoms with Crippen molar-refractivity contribution in [3.63, 3.8) is 0 Å². The summed E-state index contributed by atoms with van der Waals surface area (Å²) < 4.78 is 44.4. The van der Waals surface area contributed by atoms with E-state index in [1.165, 1.54) is 19.2 Å². The molecule has 2 amide bonds. The Morgan fingerprint density at radius 2 is 1.43 bits per heavy atom. The van der Waals surface area contributed by atoms with Crippen LogP contribution in [0.2, 0.25) is 0 Å². The lowest BCUT2D eigenvalue weighted by molar-refractivity contribution is -0.153. The molecule has 4 aromatic rings. The number of nitrogens with zero attached hydrogens (tertiary/aromatic N) is 1. The van der Waals surface area contributed by atoms with Crippen LogP contribution in [0, 0.1) is 0 Å². The second-order valence-corrected chi connectivity index (χ2v) is 13.4. The van der Waals surface area contributed by atoms with E-state index in [0.717, 1.165) is 55.4 Å². The summed E-state index contributed by atoms with van der Waals surface area (Å²) in [5.41, 5.74) is 2.27. The number of likely N-dealkylation sites (tertiary alicyclic amines) is 1. The largest absolute Gasteiger partial charge is 0.467 e. The monoisotopic (exact) mass is 697 g/mol. The number of methoxy groups -OCH3 is 1. The molecule has 1 aliphatic heterocycles. The number of alkyl halides is 3. The van der Waals surface area contributed by atoms with Gasteiger partial charge < -0.3 is 15.4 Å². The molecule has 2 N–H and O–H groups in total. The number of piperidine rings is 1. The van der Waals surface area contributed by atoms with Crippen LogP contribution in [0.25, 0.3) is 11.1 Å². The van der Waals surface area contributed by atoms with Crippen molar-refractivity contribution in [3.8, 4) is 11.1 Å². The smallest absolute Gasteiger partial charge is 0.416 e. The van der Waals surface area contributed by atoms with E-state index >= 15 is 0 Å². The molecular weight excluding hydrogens is 655 g/mol. The summed E-state index contributed by atoms with van der Waals surface area (Å²) in [6, 6.07) is 28.5. The standard InChI is InChI=1S/C41H42F3N3O4/c1-51-39(50)40(24-8-3-9-25-40)46-38(49)36(31-10-4-2-5-11-31)47-26-22-29(23-27-47)28-16-20-33(21-17-28)45-37(48)35-13-7-6-12-34(35)30-14-18-32(19-15-30)41(42,43)44/h2,4-7,10-21,29,36H,3,8-9,22-27H2,1H3,(H,45,48)(H,46,49). The van der Waals surface area contributed by atoms with E-state index in [9.17, 15) is 27.6 Å². The first kappa shape index (κ1) is 35.9. The van der Waals surface area contributed by atoms with Crippen LogP contribution < -0.4 is 10.6 Å². The lowest BCUT2D eigenvalue weighted by Crippen LogP contribution is -2.58. The van der Waals surface area contributed by atoms with Crippen LogP contribution in [0.1, 0.15) is 84.0 Å². The molecule has 0 spiro atoms. The number of hydrogen-bond donors (Lipinski definition) is 2. The van der Waals surface area contributed by atoms with Gasteiger partial charge in [-0.25, -0.2) is 4.79 Å². The molecule has 1 unspecified atom stereocenters. The summed E-state index contributed by atoms with van der Waals surface area (Å²) >= 11 is 0. The molecule has 0 radical (unpaired) electrons. The van der Waals surface area contributed by atoms with Crippen LogP contribution in [0.5, 0.6) is 0 Å². The van der Waals surface area contributed by atoms with Crippen molar-refractivity contribution >= 4 is 23.5 Å². The van der Waals surface area contributed by atoms with Gasteiger partial charge in [0.25, 0.3) is 5.91 Å². The van der Waals surface area contributed by atoms with E-state index in [1.807, 2.05) is 54.6 Å². The Hall–Kier alpha value is -4.96. The number of rotatable bonds is 9. The van der Waals surface area contributed by atoms with Gasteiger partial charge in [-0.15, -0.1) is 0 Å². The van der Waals surface area contributed by atoms with Crippen molar-refractivity contribution in [1.29, 1.82) is 0 Å². The van der Waals surface area contributed by atoms with Gasteiger partial charge in [-0.05, 0) is 97.3 Å². The summed E-state index contributed by atoms with van der Waals surface area (Å²) in [6.45, 7) is 1.37. The van der Waals surface area contributed by atoms with Gasteiger partial charge in [0.15, 0.2) is 0 Å². The minimum Gasteiger partial charge on any atom is -0.467 e. The average molecular weight is 698 g/mol. The number of nitrogens with one attached hydrogen (secondary N) is 2. The molecule has 6 rings (SSSR count). The first-order valence-electron chi connectivity index (χ1n) is 17.5.